The second-order valence-corrected chi connectivity index (χ2v) is 10.6. The molecule has 0 radical (unpaired) electrons. The number of para-hydroxylation sites is 1. The van der Waals surface area contributed by atoms with Crippen LogP contribution in [0.15, 0.2) is 59.6 Å². The molecule has 8 nitrogen and oxygen atoms in total. The summed E-state index contributed by atoms with van der Waals surface area (Å²) in [5.41, 5.74) is 0.294. The summed E-state index contributed by atoms with van der Waals surface area (Å²) in [7, 11) is -4.02. The molecule has 10 heteroatoms. The fourth-order valence-electron chi connectivity index (χ4n) is 4.65. The topological polar surface area (TPSA) is 91.8 Å². The van der Waals surface area contributed by atoms with Crippen molar-refractivity contribution in [1.82, 2.24) is 14.8 Å². The maximum atomic E-state index is 14.9. The van der Waals surface area contributed by atoms with E-state index in [0.717, 1.165) is 45.3 Å². The standard InChI is InChI=1S/C25H27FN4O4S/c26-22-15-20(28-35(32,33)23-5-1-3-19-4-2-9-27-24(19)23)6-7-21(22)25(31)30-12-10-29(11-13-30)16-18-8-14-34-17-18/h1-7,9,15,18,28H,8,10-14,16-17H2. The summed E-state index contributed by atoms with van der Waals surface area (Å²) in [6, 6.07) is 12.1. The van der Waals surface area contributed by atoms with Crippen LogP contribution in [0.4, 0.5) is 10.1 Å². The number of carbonyl (C=O) groups is 1. The second kappa shape index (κ2) is 9.88. The summed E-state index contributed by atoms with van der Waals surface area (Å²) in [5.74, 6) is -0.619. The number of amides is 1. The van der Waals surface area contributed by atoms with Crippen LogP contribution in [-0.4, -0.2) is 75.0 Å². The second-order valence-electron chi connectivity index (χ2n) is 8.95. The minimum Gasteiger partial charge on any atom is -0.381 e. The Morgan fingerprint density at radius 2 is 1.91 bits per heavy atom. The number of sulfonamides is 1. The molecule has 184 valence electrons. The van der Waals surface area contributed by atoms with E-state index in [2.05, 4.69) is 14.6 Å². The van der Waals surface area contributed by atoms with Gasteiger partial charge in [0.1, 0.15) is 10.7 Å². The molecule has 3 aromatic rings. The number of benzene rings is 2. The number of anilines is 1. The Kier molecular flexibility index (Phi) is 6.68. The Hall–Kier alpha value is -3.08. The van der Waals surface area contributed by atoms with E-state index in [4.69, 9.17) is 4.74 Å². The lowest BCUT2D eigenvalue weighted by atomic mass is 10.1. The summed E-state index contributed by atoms with van der Waals surface area (Å²) in [5, 5.41) is 0.680. The maximum absolute atomic E-state index is 14.9. The van der Waals surface area contributed by atoms with Gasteiger partial charge in [0.15, 0.2) is 0 Å². The lowest BCUT2D eigenvalue weighted by molar-refractivity contribution is 0.0607. The third-order valence-corrected chi connectivity index (χ3v) is 7.95. The van der Waals surface area contributed by atoms with Gasteiger partial charge in [-0.05, 0) is 42.7 Å². The van der Waals surface area contributed by atoms with Crippen molar-refractivity contribution in [2.45, 2.75) is 11.3 Å². The molecule has 0 bridgehead atoms. The number of piperazine rings is 1. The van der Waals surface area contributed by atoms with Gasteiger partial charge in [0.25, 0.3) is 15.9 Å². The predicted molar refractivity (Wildman–Crippen MR) is 130 cm³/mol. The third kappa shape index (κ3) is 5.14. The van der Waals surface area contributed by atoms with Gasteiger partial charge in [-0.1, -0.05) is 18.2 Å². The lowest BCUT2D eigenvalue weighted by Gasteiger charge is -2.35. The average Bonchev–Trinajstić information content (AvgIpc) is 3.37. The van der Waals surface area contributed by atoms with Crippen molar-refractivity contribution in [3.05, 3.63) is 66.1 Å². The van der Waals surface area contributed by atoms with Gasteiger partial charge in [-0.3, -0.25) is 19.4 Å². The first kappa shape index (κ1) is 23.7. The Balaban J connectivity index is 1.26. The molecule has 3 heterocycles. The predicted octanol–water partition coefficient (Wildman–Crippen LogP) is 2.97. The Bertz CT molecular complexity index is 1330. The molecule has 0 aliphatic carbocycles. The van der Waals surface area contributed by atoms with Crippen LogP contribution >= 0.6 is 0 Å². The zero-order valence-corrected chi connectivity index (χ0v) is 20.0. The molecule has 35 heavy (non-hydrogen) atoms. The number of ether oxygens (including phenoxy) is 1. The highest BCUT2D eigenvalue weighted by Gasteiger charge is 2.27. The van der Waals surface area contributed by atoms with Gasteiger partial charge < -0.3 is 9.64 Å². The molecule has 1 unspecified atom stereocenters. The van der Waals surface area contributed by atoms with Crippen molar-refractivity contribution in [2.75, 3.05) is 50.7 Å². The molecular weight excluding hydrogens is 471 g/mol. The summed E-state index contributed by atoms with van der Waals surface area (Å²) in [6.45, 7) is 5.08. The van der Waals surface area contributed by atoms with E-state index in [1.165, 1.54) is 24.4 Å². The normalized spacial score (nSPS) is 19.2. The van der Waals surface area contributed by atoms with Crippen molar-refractivity contribution in [3.63, 3.8) is 0 Å². The number of rotatable bonds is 6. The number of aromatic nitrogens is 1. The van der Waals surface area contributed by atoms with Gasteiger partial charge in [0, 0.05) is 50.9 Å². The van der Waals surface area contributed by atoms with Crippen LogP contribution < -0.4 is 4.72 Å². The number of pyridine rings is 1. The number of nitrogens with one attached hydrogen (secondary N) is 1. The van der Waals surface area contributed by atoms with Crippen molar-refractivity contribution in [2.24, 2.45) is 5.92 Å². The molecule has 1 amide bonds. The zero-order valence-electron chi connectivity index (χ0n) is 19.2. The first-order chi connectivity index (χ1) is 16.9. The van der Waals surface area contributed by atoms with Gasteiger partial charge >= 0.3 is 0 Å². The highest BCUT2D eigenvalue weighted by molar-refractivity contribution is 7.93. The molecule has 1 atom stereocenters. The van der Waals surface area contributed by atoms with E-state index in [1.807, 2.05) is 0 Å². The van der Waals surface area contributed by atoms with Crippen LogP contribution in [0.1, 0.15) is 16.8 Å². The van der Waals surface area contributed by atoms with Gasteiger partial charge in [-0.2, -0.15) is 0 Å². The van der Waals surface area contributed by atoms with Crippen LogP contribution in [0.5, 0.6) is 0 Å². The molecule has 2 fully saturated rings. The number of fused-ring (bicyclic) bond motifs is 1. The summed E-state index contributed by atoms with van der Waals surface area (Å²) in [4.78, 5) is 21.1. The molecular formula is C25H27FN4O4S. The fraction of sp³-hybridized carbons (Fsp3) is 0.360. The molecule has 5 rings (SSSR count). The Morgan fingerprint density at radius 1 is 1.11 bits per heavy atom. The Morgan fingerprint density at radius 3 is 2.66 bits per heavy atom. The Labute approximate surface area is 203 Å². The molecule has 1 aromatic heterocycles. The number of nitrogens with zero attached hydrogens (tertiary/aromatic N) is 3. The van der Waals surface area contributed by atoms with Crippen molar-refractivity contribution >= 4 is 32.5 Å². The van der Waals surface area contributed by atoms with Crippen molar-refractivity contribution in [1.29, 1.82) is 0 Å². The van der Waals surface area contributed by atoms with Crippen LogP contribution in [0, 0.1) is 11.7 Å². The monoisotopic (exact) mass is 498 g/mol. The zero-order chi connectivity index (χ0) is 24.4. The minimum absolute atomic E-state index is 0.00167. The van der Waals surface area contributed by atoms with Gasteiger partial charge in [-0.25, -0.2) is 12.8 Å². The van der Waals surface area contributed by atoms with E-state index in [0.29, 0.717) is 29.9 Å². The quantitative estimate of drug-likeness (QED) is 0.562. The van der Waals surface area contributed by atoms with Crippen LogP contribution in [-0.2, 0) is 14.8 Å². The number of hydrogen-bond acceptors (Lipinski definition) is 6. The molecule has 0 spiro atoms. The molecule has 0 saturated carbocycles. The smallest absolute Gasteiger partial charge is 0.264 e. The van der Waals surface area contributed by atoms with Gasteiger partial charge in [0.05, 0.1) is 23.4 Å². The third-order valence-electron chi connectivity index (χ3n) is 6.54. The van der Waals surface area contributed by atoms with E-state index >= 15 is 0 Å². The number of carbonyl (C=O) groups excluding carboxylic acids is 1. The van der Waals surface area contributed by atoms with E-state index in [9.17, 15) is 17.6 Å². The van der Waals surface area contributed by atoms with Crippen molar-refractivity contribution in [3.8, 4) is 0 Å². The van der Waals surface area contributed by atoms with Crippen LogP contribution in [0.3, 0.4) is 0 Å². The van der Waals surface area contributed by atoms with Crippen molar-refractivity contribution < 1.29 is 22.3 Å². The molecule has 1 N–H and O–H groups in total. The average molecular weight is 499 g/mol. The SMILES string of the molecule is O=C(c1ccc(NS(=O)(=O)c2cccc3cccnc23)cc1F)N1CCN(CC2CCOC2)CC1. The highest BCUT2D eigenvalue weighted by Crippen LogP contribution is 2.25. The van der Waals surface area contributed by atoms with Crippen LogP contribution in [0.2, 0.25) is 0 Å². The largest absolute Gasteiger partial charge is 0.381 e. The molecule has 2 aliphatic heterocycles. The molecule has 2 aromatic carbocycles. The number of hydrogen-bond donors (Lipinski definition) is 1. The fourth-order valence-corrected chi connectivity index (χ4v) is 5.88. The summed E-state index contributed by atoms with van der Waals surface area (Å²) >= 11 is 0. The first-order valence-electron chi connectivity index (χ1n) is 11.7. The number of halogens is 1. The maximum Gasteiger partial charge on any atom is 0.264 e. The van der Waals surface area contributed by atoms with E-state index in [-0.39, 0.29) is 22.1 Å². The lowest BCUT2D eigenvalue weighted by Crippen LogP contribution is -2.50. The highest BCUT2D eigenvalue weighted by atomic mass is 32.2. The van der Waals surface area contributed by atoms with Gasteiger partial charge in [-0.15, -0.1) is 0 Å². The van der Waals surface area contributed by atoms with E-state index < -0.39 is 15.8 Å². The van der Waals surface area contributed by atoms with E-state index in [1.54, 1.807) is 29.2 Å². The first-order valence-corrected chi connectivity index (χ1v) is 13.1. The minimum atomic E-state index is -4.02. The molecule has 2 aliphatic rings. The summed E-state index contributed by atoms with van der Waals surface area (Å²) in [6.07, 6.45) is 2.59. The van der Waals surface area contributed by atoms with Gasteiger partial charge in [0.2, 0.25) is 0 Å². The van der Waals surface area contributed by atoms with Crippen LogP contribution in [0.25, 0.3) is 10.9 Å². The molecule has 2 saturated heterocycles. The summed E-state index contributed by atoms with van der Waals surface area (Å²) < 4.78 is 48.7.